The van der Waals surface area contributed by atoms with E-state index in [1.807, 2.05) is 4.57 Å². The Kier molecular flexibility index (Phi) is 6.65. The highest BCUT2D eigenvalue weighted by Crippen LogP contribution is 2.35. The van der Waals surface area contributed by atoms with Crippen LogP contribution in [0, 0.1) is 24.4 Å². The molecule has 1 heterocycles. The van der Waals surface area contributed by atoms with Gasteiger partial charge in [-0.05, 0) is 55.2 Å². The van der Waals surface area contributed by atoms with Gasteiger partial charge in [0.25, 0.3) is 5.91 Å². The fourth-order valence-corrected chi connectivity index (χ4v) is 3.89. The molecule has 2 aromatic carbocycles. The predicted octanol–water partition coefficient (Wildman–Crippen LogP) is 5.76. The molecule has 158 valence electrons. The molecule has 0 aliphatic carbocycles. The third kappa shape index (κ3) is 4.42. The van der Waals surface area contributed by atoms with Crippen LogP contribution >= 0.6 is 0 Å². The molecule has 0 bridgehead atoms. The normalized spacial score (nSPS) is 11.1. The monoisotopic (exact) mass is 414 g/mol. The third-order valence-electron chi connectivity index (χ3n) is 5.33. The molecule has 6 heteroatoms. The summed E-state index contributed by atoms with van der Waals surface area (Å²) in [7, 11) is 0. The zero-order valence-corrected chi connectivity index (χ0v) is 17.1. The molecule has 0 radical (unpaired) electrons. The maximum atomic E-state index is 14.0. The van der Waals surface area contributed by atoms with Crippen LogP contribution < -0.4 is 5.73 Å². The SMILES string of the molecule is CCCCCc1c(-c2cccc(F)c2)c(C(N)=O)c(C)n1Cc1ccc(F)c(F)c1. The van der Waals surface area contributed by atoms with E-state index < -0.39 is 23.4 Å². The average Bonchev–Trinajstić information content (AvgIpc) is 2.97. The first-order chi connectivity index (χ1) is 14.3. The molecule has 0 spiro atoms. The molecule has 3 rings (SSSR count). The van der Waals surface area contributed by atoms with Gasteiger partial charge in [0, 0.05) is 23.5 Å². The Morgan fingerprint density at radius 3 is 2.43 bits per heavy atom. The Morgan fingerprint density at radius 2 is 1.80 bits per heavy atom. The number of unbranched alkanes of at least 4 members (excludes halogenated alkanes) is 2. The molecule has 3 nitrogen and oxygen atoms in total. The minimum absolute atomic E-state index is 0.250. The first-order valence-corrected chi connectivity index (χ1v) is 10.0. The van der Waals surface area contributed by atoms with Gasteiger partial charge in [-0.15, -0.1) is 0 Å². The van der Waals surface area contributed by atoms with E-state index in [2.05, 4.69) is 6.92 Å². The highest BCUT2D eigenvalue weighted by atomic mass is 19.2. The number of primary amides is 1. The van der Waals surface area contributed by atoms with Crippen molar-refractivity contribution in [1.82, 2.24) is 4.57 Å². The second kappa shape index (κ2) is 9.20. The summed E-state index contributed by atoms with van der Waals surface area (Å²) in [4.78, 5) is 12.4. The van der Waals surface area contributed by atoms with Gasteiger partial charge in [-0.1, -0.05) is 38.0 Å². The van der Waals surface area contributed by atoms with Crippen LogP contribution in [0.15, 0.2) is 42.5 Å². The van der Waals surface area contributed by atoms with E-state index >= 15 is 0 Å². The van der Waals surface area contributed by atoms with Crippen LogP contribution in [-0.2, 0) is 13.0 Å². The zero-order chi connectivity index (χ0) is 21.8. The molecule has 1 amide bonds. The zero-order valence-electron chi connectivity index (χ0n) is 17.1. The van der Waals surface area contributed by atoms with Crippen molar-refractivity contribution in [3.05, 3.63) is 82.4 Å². The number of carbonyl (C=O) groups excluding carboxylic acids is 1. The Hall–Kier alpha value is -3.02. The van der Waals surface area contributed by atoms with Crippen LogP contribution in [0.2, 0.25) is 0 Å². The van der Waals surface area contributed by atoms with E-state index in [0.717, 1.165) is 37.1 Å². The van der Waals surface area contributed by atoms with Gasteiger partial charge in [0.2, 0.25) is 0 Å². The lowest BCUT2D eigenvalue weighted by molar-refractivity contribution is 0.1000. The summed E-state index contributed by atoms with van der Waals surface area (Å²) in [5, 5.41) is 0. The number of carbonyl (C=O) groups is 1. The summed E-state index contributed by atoms with van der Waals surface area (Å²) in [6, 6.07) is 9.81. The number of aromatic nitrogens is 1. The molecule has 0 atom stereocenters. The quantitative estimate of drug-likeness (QED) is 0.468. The van der Waals surface area contributed by atoms with Crippen LogP contribution in [0.5, 0.6) is 0 Å². The van der Waals surface area contributed by atoms with Crippen molar-refractivity contribution >= 4 is 5.91 Å². The van der Waals surface area contributed by atoms with Crippen molar-refractivity contribution < 1.29 is 18.0 Å². The van der Waals surface area contributed by atoms with Gasteiger partial charge in [0.05, 0.1) is 5.56 Å². The van der Waals surface area contributed by atoms with E-state index in [1.165, 1.54) is 18.2 Å². The van der Waals surface area contributed by atoms with Crippen LogP contribution in [0.3, 0.4) is 0 Å². The molecular formula is C24H25F3N2O. The maximum absolute atomic E-state index is 14.0. The first kappa shape index (κ1) is 21.7. The predicted molar refractivity (Wildman–Crippen MR) is 112 cm³/mol. The van der Waals surface area contributed by atoms with Crippen molar-refractivity contribution in [2.45, 2.75) is 46.1 Å². The number of amides is 1. The number of nitrogens with two attached hydrogens (primary N) is 1. The molecule has 0 fully saturated rings. The van der Waals surface area contributed by atoms with Crippen LogP contribution in [-0.4, -0.2) is 10.5 Å². The molecule has 0 saturated carbocycles. The highest BCUT2D eigenvalue weighted by Gasteiger charge is 2.25. The summed E-state index contributed by atoms with van der Waals surface area (Å²) in [5.74, 6) is -2.85. The summed E-state index contributed by atoms with van der Waals surface area (Å²) < 4.78 is 43.0. The van der Waals surface area contributed by atoms with Gasteiger partial charge in [-0.3, -0.25) is 4.79 Å². The molecule has 3 aromatic rings. The standard InChI is InChI=1S/C24H25F3N2O/c1-3-4-5-9-21-23(17-7-6-8-18(25)13-17)22(24(28)30)15(2)29(21)14-16-10-11-19(26)20(27)12-16/h6-8,10-13H,3-5,9,14H2,1-2H3,(H2,28,30). The summed E-state index contributed by atoms with van der Waals surface area (Å²) in [6.45, 7) is 4.11. The Morgan fingerprint density at radius 1 is 1.03 bits per heavy atom. The van der Waals surface area contributed by atoms with E-state index in [9.17, 15) is 18.0 Å². The lowest BCUT2D eigenvalue weighted by Crippen LogP contribution is -2.13. The van der Waals surface area contributed by atoms with Gasteiger partial charge < -0.3 is 10.3 Å². The van der Waals surface area contributed by atoms with E-state index in [1.54, 1.807) is 19.1 Å². The third-order valence-corrected chi connectivity index (χ3v) is 5.33. The Bertz CT molecular complexity index is 1070. The number of hydrogen-bond donors (Lipinski definition) is 1. The molecule has 1 aromatic heterocycles. The molecule has 0 aliphatic rings. The largest absolute Gasteiger partial charge is 0.366 e. The second-order valence-corrected chi connectivity index (χ2v) is 7.45. The van der Waals surface area contributed by atoms with Gasteiger partial charge in [-0.25, -0.2) is 13.2 Å². The first-order valence-electron chi connectivity index (χ1n) is 10.0. The van der Waals surface area contributed by atoms with E-state index in [0.29, 0.717) is 34.4 Å². The Labute approximate surface area is 174 Å². The summed E-state index contributed by atoms with van der Waals surface area (Å²) in [6.07, 6.45) is 3.53. The van der Waals surface area contributed by atoms with E-state index in [-0.39, 0.29) is 6.54 Å². The van der Waals surface area contributed by atoms with Crippen molar-refractivity contribution in [2.75, 3.05) is 0 Å². The maximum Gasteiger partial charge on any atom is 0.251 e. The molecular weight excluding hydrogens is 389 g/mol. The van der Waals surface area contributed by atoms with Gasteiger partial charge in [0.15, 0.2) is 11.6 Å². The van der Waals surface area contributed by atoms with E-state index in [4.69, 9.17) is 5.73 Å². The average molecular weight is 414 g/mol. The van der Waals surface area contributed by atoms with Crippen molar-refractivity contribution in [1.29, 1.82) is 0 Å². The lowest BCUT2D eigenvalue weighted by Gasteiger charge is -2.14. The molecule has 0 saturated heterocycles. The number of benzene rings is 2. The fourth-order valence-electron chi connectivity index (χ4n) is 3.89. The molecule has 30 heavy (non-hydrogen) atoms. The molecule has 2 N–H and O–H groups in total. The van der Waals surface area contributed by atoms with Crippen molar-refractivity contribution in [2.24, 2.45) is 5.73 Å². The summed E-state index contributed by atoms with van der Waals surface area (Å²) >= 11 is 0. The number of rotatable bonds is 8. The van der Waals surface area contributed by atoms with Crippen molar-refractivity contribution in [3.8, 4) is 11.1 Å². The van der Waals surface area contributed by atoms with Gasteiger partial charge >= 0.3 is 0 Å². The number of hydrogen-bond acceptors (Lipinski definition) is 1. The Balaban J connectivity index is 2.20. The van der Waals surface area contributed by atoms with Crippen LogP contribution in [0.25, 0.3) is 11.1 Å². The molecule has 0 unspecified atom stereocenters. The fraction of sp³-hybridized carbons (Fsp3) is 0.292. The lowest BCUT2D eigenvalue weighted by atomic mass is 9.97. The second-order valence-electron chi connectivity index (χ2n) is 7.45. The van der Waals surface area contributed by atoms with Crippen LogP contribution in [0.4, 0.5) is 13.2 Å². The molecule has 0 aliphatic heterocycles. The van der Waals surface area contributed by atoms with Gasteiger partial charge in [-0.2, -0.15) is 0 Å². The number of nitrogens with zero attached hydrogens (tertiary/aromatic N) is 1. The van der Waals surface area contributed by atoms with Gasteiger partial charge in [0.1, 0.15) is 5.82 Å². The van der Waals surface area contributed by atoms with Crippen molar-refractivity contribution in [3.63, 3.8) is 0 Å². The minimum atomic E-state index is -0.926. The minimum Gasteiger partial charge on any atom is -0.366 e. The number of halogens is 3. The topological polar surface area (TPSA) is 48.0 Å². The smallest absolute Gasteiger partial charge is 0.251 e. The van der Waals surface area contributed by atoms with Crippen LogP contribution in [0.1, 0.15) is 53.5 Å². The summed E-state index contributed by atoms with van der Waals surface area (Å²) in [5.41, 5.74) is 9.24. The highest BCUT2D eigenvalue weighted by molar-refractivity contribution is 6.02.